The van der Waals surface area contributed by atoms with Gasteiger partial charge < -0.3 is 16.2 Å². The molecule has 0 fully saturated rings. The molecule has 0 aliphatic heterocycles. The van der Waals surface area contributed by atoms with Gasteiger partial charge in [0.2, 0.25) is 0 Å². The van der Waals surface area contributed by atoms with Crippen LogP contribution < -0.4 is 11.1 Å². The highest BCUT2D eigenvalue weighted by Crippen LogP contribution is 2.24. The van der Waals surface area contributed by atoms with Gasteiger partial charge in [-0.05, 0) is 24.3 Å². The van der Waals surface area contributed by atoms with Crippen molar-refractivity contribution < 1.29 is 9.90 Å². The Balaban J connectivity index is 2.24. The molecule has 86 valence electrons. The second kappa shape index (κ2) is 4.52. The summed E-state index contributed by atoms with van der Waals surface area (Å²) in [4.78, 5) is 15.8. The summed E-state index contributed by atoms with van der Waals surface area (Å²) in [6, 6.07) is 9.76. The van der Waals surface area contributed by atoms with Crippen molar-refractivity contribution >= 4 is 17.4 Å². The Kier molecular flexibility index (Phi) is 2.91. The highest BCUT2D eigenvalue weighted by atomic mass is 16.3. The van der Waals surface area contributed by atoms with E-state index < -0.39 is 5.91 Å². The molecule has 0 spiro atoms. The van der Waals surface area contributed by atoms with Gasteiger partial charge in [0.1, 0.15) is 5.82 Å². The second-order valence-corrected chi connectivity index (χ2v) is 3.41. The topological polar surface area (TPSA) is 88.2 Å². The molecule has 4 N–H and O–H groups in total. The van der Waals surface area contributed by atoms with Gasteiger partial charge in [-0.1, -0.05) is 12.1 Å². The van der Waals surface area contributed by atoms with E-state index in [1.54, 1.807) is 30.5 Å². The van der Waals surface area contributed by atoms with Gasteiger partial charge in [-0.15, -0.1) is 0 Å². The number of nitrogen functional groups attached to an aromatic ring is 1. The first-order chi connectivity index (χ1) is 8.18. The third-order valence-electron chi connectivity index (χ3n) is 2.22. The Morgan fingerprint density at radius 1 is 1.24 bits per heavy atom. The molecule has 5 heteroatoms. The smallest absolute Gasteiger partial charge is 0.260 e. The van der Waals surface area contributed by atoms with E-state index in [9.17, 15) is 9.90 Å². The van der Waals surface area contributed by atoms with Crippen LogP contribution >= 0.6 is 0 Å². The number of nitrogens with one attached hydrogen (secondary N) is 1. The maximum atomic E-state index is 11.8. The molecule has 5 nitrogen and oxygen atoms in total. The number of aromatic hydroxyl groups is 1. The fourth-order valence-electron chi connectivity index (χ4n) is 1.36. The van der Waals surface area contributed by atoms with Gasteiger partial charge in [-0.2, -0.15) is 0 Å². The molecule has 0 aliphatic rings. The minimum atomic E-state index is -0.450. The molecule has 0 atom stereocenters. The van der Waals surface area contributed by atoms with Gasteiger partial charge in [0.25, 0.3) is 5.91 Å². The number of anilines is 2. The summed E-state index contributed by atoms with van der Waals surface area (Å²) in [5.41, 5.74) is 5.79. The molecule has 17 heavy (non-hydrogen) atoms. The second-order valence-electron chi connectivity index (χ2n) is 3.41. The van der Waals surface area contributed by atoms with Gasteiger partial charge in [0.15, 0.2) is 5.75 Å². The number of benzene rings is 1. The third-order valence-corrected chi connectivity index (χ3v) is 2.22. The number of amides is 1. The number of nitrogens with zero attached hydrogens (tertiary/aromatic N) is 1. The molecule has 1 aromatic heterocycles. The molecule has 1 amide bonds. The van der Waals surface area contributed by atoms with Crippen molar-refractivity contribution in [2.24, 2.45) is 0 Å². The molecule has 0 bridgehead atoms. The fourth-order valence-corrected chi connectivity index (χ4v) is 1.36. The average molecular weight is 229 g/mol. The van der Waals surface area contributed by atoms with Crippen LogP contribution in [0.3, 0.4) is 0 Å². The Labute approximate surface area is 97.9 Å². The van der Waals surface area contributed by atoms with Crippen LogP contribution in [0.4, 0.5) is 11.5 Å². The summed E-state index contributed by atoms with van der Waals surface area (Å²) in [6.07, 6.45) is 1.56. The Bertz CT molecular complexity index is 541. The molecule has 0 radical (unpaired) electrons. The van der Waals surface area contributed by atoms with Crippen LogP contribution in [0, 0.1) is 0 Å². The van der Waals surface area contributed by atoms with Gasteiger partial charge in [0.05, 0.1) is 11.3 Å². The number of aromatic nitrogens is 1. The molecule has 2 aromatic rings. The molecular weight excluding hydrogens is 218 g/mol. The van der Waals surface area contributed by atoms with E-state index in [1.807, 2.05) is 0 Å². The van der Waals surface area contributed by atoms with Crippen LogP contribution in [0.25, 0.3) is 0 Å². The summed E-state index contributed by atoms with van der Waals surface area (Å²) in [5.74, 6) is -0.256. The predicted molar refractivity (Wildman–Crippen MR) is 64.7 cm³/mol. The lowest BCUT2D eigenvalue weighted by atomic mass is 10.1. The van der Waals surface area contributed by atoms with Crippen molar-refractivity contribution in [2.75, 3.05) is 11.1 Å². The zero-order valence-corrected chi connectivity index (χ0v) is 8.92. The summed E-state index contributed by atoms with van der Waals surface area (Å²) in [7, 11) is 0. The fraction of sp³-hybridized carbons (Fsp3) is 0. The molecule has 0 unspecified atom stereocenters. The van der Waals surface area contributed by atoms with E-state index in [0.717, 1.165) is 0 Å². The van der Waals surface area contributed by atoms with E-state index in [0.29, 0.717) is 5.82 Å². The van der Waals surface area contributed by atoms with Gasteiger partial charge >= 0.3 is 0 Å². The SMILES string of the molecule is Nc1cccc(C(=O)Nc2ccccn2)c1O. The van der Waals surface area contributed by atoms with Crippen molar-refractivity contribution in [2.45, 2.75) is 0 Å². The number of phenolic OH excluding ortho intramolecular Hbond substituents is 1. The molecule has 0 saturated heterocycles. The van der Waals surface area contributed by atoms with Crippen molar-refractivity contribution in [1.29, 1.82) is 0 Å². The standard InChI is InChI=1S/C12H11N3O2/c13-9-5-3-4-8(11(9)16)12(17)15-10-6-1-2-7-14-10/h1-7,16H,13H2,(H,14,15,17). The third kappa shape index (κ3) is 2.34. The van der Waals surface area contributed by atoms with Gasteiger partial charge in [-0.3, -0.25) is 4.79 Å². The van der Waals surface area contributed by atoms with Crippen molar-refractivity contribution in [3.63, 3.8) is 0 Å². The number of hydrogen-bond donors (Lipinski definition) is 3. The van der Waals surface area contributed by atoms with E-state index in [4.69, 9.17) is 5.73 Å². The number of carbonyl (C=O) groups is 1. The zero-order chi connectivity index (χ0) is 12.3. The van der Waals surface area contributed by atoms with E-state index >= 15 is 0 Å². The summed E-state index contributed by atoms with van der Waals surface area (Å²) in [6.45, 7) is 0. The lowest BCUT2D eigenvalue weighted by molar-refractivity contribution is 0.102. The lowest BCUT2D eigenvalue weighted by Gasteiger charge is -2.07. The number of pyridine rings is 1. The first-order valence-corrected chi connectivity index (χ1v) is 4.98. The molecule has 0 aliphatic carbocycles. The predicted octanol–water partition coefficient (Wildman–Crippen LogP) is 1.62. The van der Waals surface area contributed by atoms with Crippen LogP contribution in [0.1, 0.15) is 10.4 Å². The summed E-state index contributed by atoms with van der Waals surface area (Å²) in [5, 5.41) is 12.2. The average Bonchev–Trinajstić information content (AvgIpc) is 2.34. The lowest BCUT2D eigenvalue weighted by Crippen LogP contribution is -2.13. The van der Waals surface area contributed by atoms with Gasteiger partial charge in [0, 0.05) is 6.20 Å². The van der Waals surface area contributed by atoms with E-state index in [1.165, 1.54) is 12.1 Å². The molecule has 1 aromatic carbocycles. The van der Waals surface area contributed by atoms with Crippen LogP contribution in [-0.4, -0.2) is 16.0 Å². The molecule has 2 rings (SSSR count). The number of rotatable bonds is 2. The van der Waals surface area contributed by atoms with Crippen molar-refractivity contribution in [1.82, 2.24) is 4.98 Å². The monoisotopic (exact) mass is 229 g/mol. The minimum absolute atomic E-state index is 0.121. The molecule has 1 heterocycles. The summed E-state index contributed by atoms with van der Waals surface area (Å²) < 4.78 is 0. The first kappa shape index (κ1) is 10.9. The summed E-state index contributed by atoms with van der Waals surface area (Å²) >= 11 is 0. The van der Waals surface area contributed by atoms with Crippen LogP contribution in [-0.2, 0) is 0 Å². The Morgan fingerprint density at radius 3 is 2.76 bits per heavy atom. The maximum Gasteiger partial charge on any atom is 0.260 e. The highest BCUT2D eigenvalue weighted by molar-refractivity contribution is 6.06. The quantitative estimate of drug-likeness (QED) is 0.539. The van der Waals surface area contributed by atoms with Gasteiger partial charge in [-0.25, -0.2) is 4.98 Å². The van der Waals surface area contributed by atoms with Crippen LogP contribution in [0.2, 0.25) is 0 Å². The minimum Gasteiger partial charge on any atom is -0.505 e. The normalized spacial score (nSPS) is 9.88. The number of nitrogens with two attached hydrogens (primary N) is 1. The molecular formula is C12H11N3O2. The van der Waals surface area contributed by atoms with Crippen molar-refractivity contribution in [3.8, 4) is 5.75 Å². The van der Waals surface area contributed by atoms with E-state index in [-0.39, 0.29) is 17.0 Å². The Morgan fingerprint density at radius 2 is 2.06 bits per heavy atom. The molecule has 0 saturated carbocycles. The van der Waals surface area contributed by atoms with Crippen LogP contribution in [0.5, 0.6) is 5.75 Å². The first-order valence-electron chi connectivity index (χ1n) is 4.98. The van der Waals surface area contributed by atoms with E-state index in [2.05, 4.69) is 10.3 Å². The Hall–Kier alpha value is -2.56. The van der Waals surface area contributed by atoms with Crippen molar-refractivity contribution in [3.05, 3.63) is 48.2 Å². The number of carbonyl (C=O) groups excluding carboxylic acids is 1. The highest BCUT2D eigenvalue weighted by Gasteiger charge is 2.13. The maximum absolute atomic E-state index is 11.8. The number of para-hydroxylation sites is 1. The number of hydrogen-bond acceptors (Lipinski definition) is 4. The number of phenols is 1. The largest absolute Gasteiger partial charge is 0.505 e. The van der Waals surface area contributed by atoms with Crippen LogP contribution in [0.15, 0.2) is 42.6 Å². The zero-order valence-electron chi connectivity index (χ0n) is 8.92.